The van der Waals surface area contributed by atoms with Crippen LogP contribution >= 0.6 is 11.6 Å². The second kappa shape index (κ2) is 5.97. The van der Waals surface area contributed by atoms with E-state index >= 15 is 0 Å². The fraction of sp³-hybridized carbons (Fsp3) is 0.188. The Morgan fingerprint density at radius 3 is 2.60 bits per heavy atom. The average molecular weight is 289 g/mol. The van der Waals surface area contributed by atoms with Crippen molar-refractivity contribution in [3.63, 3.8) is 0 Å². The molecule has 0 aliphatic carbocycles. The van der Waals surface area contributed by atoms with E-state index in [-0.39, 0.29) is 5.91 Å². The van der Waals surface area contributed by atoms with E-state index in [1.165, 1.54) is 0 Å². The van der Waals surface area contributed by atoms with Gasteiger partial charge in [0.05, 0.1) is 5.56 Å². The SMILES string of the molecule is CNc1ccc(Cl)cc1C(=O)N(C)c1cccc(C)c1. The zero-order valence-electron chi connectivity index (χ0n) is 11.8. The van der Waals surface area contributed by atoms with Crippen molar-refractivity contribution in [2.24, 2.45) is 0 Å². The van der Waals surface area contributed by atoms with Gasteiger partial charge in [-0.3, -0.25) is 4.79 Å². The number of carbonyl (C=O) groups is 1. The second-order valence-electron chi connectivity index (χ2n) is 4.64. The van der Waals surface area contributed by atoms with Gasteiger partial charge in [0, 0.05) is 30.5 Å². The van der Waals surface area contributed by atoms with E-state index in [4.69, 9.17) is 11.6 Å². The lowest BCUT2D eigenvalue weighted by Gasteiger charge is -2.19. The molecule has 0 atom stereocenters. The number of anilines is 2. The van der Waals surface area contributed by atoms with Gasteiger partial charge in [-0.05, 0) is 42.8 Å². The van der Waals surface area contributed by atoms with Crippen LogP contribution in [0.2, 0.25) is 5.02 Å². The Balaban J connectivity index is 2.38. The smallest absolute Gasteiger partial charge is 0.260 e. The van der Waals surface area contributed by atoms with Crippen molar-refractivity contribution in [1.29, 1.82) is 0 Å². The molecule has 20 heavy (non-hydrogen) atoms. The Bertz CT molecular complexity index is 640. The molecule has 0 unspecified atom stereocenters. The second-order valence-corrected chi connectivity index (χ2v) is 5.08. The largest absolute Gasteiger partial charge is 0.387 e. The molecule has 0 spiro atoms. The summed E-state index contributed by atoms with van der Waals surface area (Å²) in [6.07, 6.45) is 0. The highest BCUT2D eigenvalue weighted by molar-refractivity contribution is 6.31. The Morgan fingerprint density at radius 1 is 1.20 bits per heavy atom. The first kappa shape index (κ1) is 14.4. The summed E-state index contributed by atoms with van der Waals surface area (Å²) in [5.74, 6) is -0.0950. The maximum Gasteiger partial charge on any atom is 0.260 e. The summed E-state index contributed by atoms with van der Waals surface area (Å²) in [5.41, 5.74) is 3.29. The summed E-state index contributed by atoms with van der Waals surface area (Å²) in [4.78, 5) is 14.2. The van der Waals surface area contributed by atoms with E-state index in [9.17, 15) is 4.79 Å². The van der Waals surface area contributed by atoms with Gasteiger partial charge in [0.2, 0.25) is 0 Å². The van der Waals surface area contributed by atoms with Crippen LogP contribution < -0.4 is 10.2 Å². The first-order valence-corrected chi connectivity index (χ1v) is 6.72. The van der Waals surface area contributed by atoms with Crippen LogP contribution in [0.4, 0.5) is 11.4 Å². The van der Waals surface area contributed by atoms with Crippen LogP contribution in [0.25, 0.3) is 0 Å². The lowest BCUT2D eigenvalue weighted by Crippen LogP contribution is -2.27. The molecule has 0 aliphatic rings. The molecular weight excluding hydrogens is 272 g/mol. The number of hydrogen-bond donors (Lipinski definition) is 1. The number of nitrogens with one attached hydrogen (secondary N) is 1. The number of aryl methyl sites for hydroxylation is 1. The van der Waals surface area contributed by atoms with Gasteiger partial charge in [0.1, 0.15) is 0 Å². The van der Waals surface area contributed by atoms with Crippen LogP contribution in [-0.2, 0) is 0 Å². The van der Waals surface area contributed by atoms with Crippen molar-refractivity contribution in [3.8, 4) is 0 Å². The molecular formula is C16H17ClN2O. The van der Waals surface area contributed by atoms with Crippen LogP contribution in [0.1, 0.15) is 15.9 Å². The summed E-state index contributed by atoms with van der Waals surface area (Å²) >= 11 is 6.00. The first-order valence-electron chi connectivity index (χ1n) is 6.35. The Labute approximate surface area is 124 Å². The normalized spacial score (nSPS) is 10.2. The summed E-state index contributed by atoms with van der Waals surface area (Å²) in [6, 6.07) is 13.1. The molecule has 2 aromatic rings. The third-order valence-corrected chi connectivity index (χ3v) is 3.41. The van der Waals surface area contributed by atoms with E-state index < -0.39 is 0 Å². The van der Waals surface area contributed by atoms with Gasteiger partial charge >= 0.3 is 0 Å². The van der Waals surface area contributed by atoms with Crippen molar-refractivity contribution in [3.05, 3.63) is 58.6 Å². The van der Waals surface area contributed by atoms with Gasteiger partial charge in [0.15, 0.2) is 0 Å². The molecule has 0 saturated carbocycles. The van der Waals surface area contributed by atoms with E-state index in [1.807, 2.05) is 31.2 Å². The number of nitrogens with zero attached hydrogens (tertiary/aromatic N) is 1. The van der Waals surface area contributed by atoms with Crippen LogP contribution in [0.5, 0.6) is 0 Å². The third kappa shape index (κ3) is 2.94. The zero-order chi connectivity index (χ0) is 14.7. The van der Waals surface area contributed by atoms with Gasteiger partial charge in [0.25, 0.3) is 5.91 Å². The van der Waals surface area contributed by atoms with E-state index in [2.05, 4.69) is 5.32 Å². The predicted molar refractivity (Wildman–Crippen MR) is 84.9 cm³/mol. The quantitative estimate of drug-likeness (QED) is 0.927. The topological polar surface area (TPSA) is 32.3 Å². The maximum atomic E-state index is 12.6. The summed E-state index contributed by atoms with van der Waals surface area (Å²) in [5, 5.41) is 3.56. The number of carbonyl (C=O) groups excluding carboxylic acids is 1. The monoisotopic (exact) mass is 288 g/mol. The molecule has 0 aromatic heterocycles. The molecule has 0 heterocycles. The Kier molecular flexibility index (Phi) is 4.30. The average Bonchev–Trinajstić information content (AvgIpc) is 2.45. The lowest BCUT2D eigenvalue weighted by molar-refractivity contribution is 0.0994. The number of benzene rings is 2. The van der Waals surface area contributed by atoms with E-state index in [0.29, 0.717) is 10.6 Å². The van der Waals surface area contributed by atoms with Gasteiger partial charge < -0.3 is 10.2 Å². The molecule has 0 bridgehead atoms. The molecule has 104 valence electrons. The standard InChI is InChI=1S/C16H17ClN2O/c1-11-5-4-6-13(9-11)19(3)16(20)14-10-12(17)7-8-15(14)18-2/h4-10,18H,1-3H3. The highest BCUT2D eigenvalue weighted by Crippen LogP contribution is 2.24. The van der Waals surface area contributed by atoms with Gasteiger partial charge in [-0.15, -0.1) is 0 Å². The van der Waals surface area contributed by atoms with Gasteiger partial charge in [-0.1, -0.05) is 23.7 Å². The van der Waals surface area contributed by atoms with Crippen molar-refractivity contribution in [2.75, 3.05) is 24.3 Å². The molecule has 0 saturated heterocycles. The van der Waals surface area contributed by atoms with Crippen molar-refractivity contribution >= 4 is 28.9 Å². The number of amides is 1. The summed E-state index contributed by atoms with van der Waals surface area (Å²) in [6.45, 7) is 2.00. The van der Waals surface area contributed by atoms with Gasteiger partial charge in [-0.2, -0.15) is 0 Å². The molecule has 4 heteroatoms. The van der Waals surface area contributed by atoms with Crippen LogP contribution in [0, 0.1) is 6.92 Å². The van der Waals surface area contributed by atoms with Crippen molar-refractivity contribution < 1.29 is 4.79 Å². The highest BCUT2D eigenvalue weighted by atomic mass is 35.5. The van der Waals surface area contributed by atoms with Crippen LogP contribution in [0.3, 0.4) is 0 Å². The minimum Gasteiger partial charge on any atom is -0.387 e. The maximum absolute atomic E-state index is 12.6. The molecule has 2 aromatic carbocycles. The molecule has 1 amide bonds. The molecule has 0 fully saturated rings. The van der Waals surface area contributed by atoms with E-state index in [0.717, 1.165) is 16.9 Å². The molecule has 3 nitrogen and oxygen atoms in total. The molecule has 0 radical (unpaired) electrons. The van der Waals surface area contributed by atoms with Crippen molar-refractivity contribution in [2.45, 2.75) is 6.92 Å². The summed E-state index contributed by atoms with van der Waals surface area (Å²) in [7, 11) is 3.55. The number of halogens is 1. The number of hydrogen-bond acceptors (Lipinski definition) is 2. The summed E-state index contributed by atoms with van der Waals surface area (Å²) < 4.78 is 0. The third-order valence-electron chi connectivity index (χ3n) is 3.17. The van der Waals surface area contributed by atoms with Crippen LogP contribution in [-0.4, -0.2) is 20.0 Å². The van der Waals surface area contributed by atoms with Crippen molar-refractivity contribution in [1.82, 2.24) is 0 Å². The fourth-order valence-electron chi connectivity index (χ4n) is 2.05. The number of rotatable bonds is 3. The predicted octanol–water partition coefficient (Wildman–Crippen LogP) is 3.97. The van der Waals surface area contributed by atoms with Crippen LogP contribution in [0.15, 0.2) is 42.5 Å². The highest BCUT2D eigenvalue weighted by Gasteiger charge is 2.17. The fourth-order valence-corrected chi connectivity index (χ4v) is 2.22. The molecule has 1 N–H and O–H groups in total. The molecule has 2 rings (SSSR count). The van der Waals surface area contributed by atoms with Gasteiger partial charge in [-0.25, -0.2) is 0 Å². The first-order chi connectivity index (χ1) is 9.52. The minimum absolute atomic E-state index is 0.0950. The zero-order valence-corrected chi connectivity index (χ0v) is 12.5. The Hall–Kier alpha value is -2.00. The molecule has 0 aliphatic heterocycles. The Morgan fingerprint density at radius 2 is 1.95 bits per heavy atom. The minimum atomic E-state index is -0.0950. The lowest BCUT2D eigenvalue weighted by atomic mass is 10.1. The van der Waals surface area contributed by atoms with E-state index in [1.54, 1.807) is 37.2 Å².